The molecule has 1 saturated heterocycles. The van der Waals surface area contributed by atoms with Gasteiger partial charge in [-0.2, -0.15) is 0 Å². The predicted molar refractivity (Wildman–Crippen MR) is 70.2 cm³/mol. The molecular formula is C14H13N3O2. The molecule has 0 aliphatic carbocycles. The molecular weight excluding hydrogens is 242 g/mol. The lowest BCUT2D eigenvalue weighted by Crippen LogP contribution is -2.55. The van der Waals surface area contributed by atoms with Gasteiger partial charge in [-0.1, -0.05) is 12.1 Å². The summed E-state index contributed by atoms with van der Waals surface area (Å²) in [7, 11) is 0. The van der Waals surface area contributed by atoms with Gasteiger partial charge < -0.3 is 0 Å². The number of aliphatic imine (C=N–C) groups is 1. The molecule has 1 fully saturated rings. The number of carbonyl (C=O) groups is 2. The Morgan fingerprint density at radius 1 is 1.26 bits per heavy atom. The average molecular weight is 255 g/mol. The number of Topliss-reactive ketones (excluding diaryl/α,β-unsaturated/α-hetero) is 1. The summed E-state index contributed by atoms with van der Waals surface area (Å²) in [5.74, 6) is -0.00594. The summed E-state index contributed by atoms with van der Waals surface area (Å²) in [6, 6.07) is 7.21. The summed E-state index contributed by atoms with van der Waals surface area (Å²) in [5.41, 5.74) is 1.26. The van der Waals surface area contributed by atoms with Crippen molar-refractivity contribution in [3.63, 3.8) is 0 Å². The number of amidine groups is 1. The van der Waals surface area contributed by atoms with Gasteiger partial charge in [0.05, 0.1) is 17.2 Å². The number of piperidine rings is 1. The van der Waals surface area contributed by atoms with Crippen LogP contribution in [-0.4, -0.2) is 30.2 Å². The highest BCUT2D eigenvalue weighted by atomic mass is 16.2. The number of para-hydroxylation sites is 1. The van der Waals surface area contributed by atoms with Crippen molar-refractivity contribution in [2.45, 2.75) is 19.0 Å². The number of carbonyl (C=O) groups excluding carboxylic acids is 2. The Morgan fingerprint density at radius 2 is 2.11 bits per heavy atom. The highest BCUT2D eigenvalue weighted by Crippen LogP contribution is 2.35. The number of ketones is 1. The second kappa shape index (κ2) is 3.74. The Morgan fingerprint density at radius 3 is 3.00 bits per heavy atom. The molecule has 0 aromatic heterocycles. The van der Waals surface area contributed by atoms with Gasteiger partial charge in [0.25, 0.3) is 0 Å². The van der Waals surface area contributed by atoms with Crippen LogP contribution < -0.4 is 10.2 Å². The van der Waals surface area contributed by atoms with E-state index in [0.717, 1.165) is 19.4 Å². The Hall–Kier alpha value is -2.01. The van der Waals surface area contributed by atoms with Crippen LogP contribution in [-0.2, 0) is 4.79 Å². The monoisotopic (exact) mass is 255 g/mol. The quantitative estimate of drug-likeness (QED) is 0.751. The third kappa shape index (κ3) is 1.36. The number of benzene rings is 1. The van der Waals surface area contributed by atoms with Crippen molar-refractivity contribution >= 4 is 23.2 Å². The minimum absolute atomic E-state index is 0.000463. The van der Waals surface area contributed by atoms with Crippen LogP contribution >= 0.6 is 0 Å². The van der Waals surface area contributed by atoms with E-state index in [-0.39, 0.29) is 29.6 Å². The van der Waals surface area contributed by atoms with Gasteiger partial charge in [-0.15, -0.1) is 0 Å². The van der Waals surface area contributed by atoms with E-state index in [9.17, 15) is 9.59 Å². The third-order valence-electron chi connectivity index (χ3n) is 4.03. The molecule has 0 bridgehead atoms. The molecule has 1 aromatic rings. The predicted octanol–water partition coefficient (Wildman–Crippen LogP) is 0.954. The first kappa shape index (κ1) is 10.9. The second-order valence-corrected chi connectivity index (χ2v) is 5.12. The summed E-state index contributed by atoms with van der Waals surface area (Å²) in [4.78, 5) is 30.9. The largest absolute Gasteiger partial charge is 0.295 e. The summed E-state index contributed by atoms with van der Waals surface area (Å²) in [6.45, 7) is 0.854. The maximum atomic E-state index is 12.6. The zero-order valence-electron chi connectivity index (χ0n) is 10.3. The molecule has 19 heavy (non-hydrogen) atoms. The van der Waals surface area contributed by atoms with Crippen LogP contribution in [0.1, 0.15) is 23.2 Å². The van der Waals surface area contributed by atoms with Crippen molar-refractivity contribution < 1.29 is 9.59 Å². The van der Waals surface area contributed by atoms with Crippen LogP contribution in [0.2, 0.25) is 0 Å². The molecule has 2 unspecified atom stereocenters. The normalized spacial score (nSPS) is 28.6. The fourth-order valence-electron chi connectivity index (χ4n) is 3.10. The molecule has 4 rings (SSSR count). The van der Waals surface area contributed by atoms with Crippen LogP contribution in [0.5, 0.6) is 0 Å². The van der Waals surface area contributed by atoms with Crippen molar-refractivity contribution in [3.8, 4) is 0 Å². The number of rotatable bonds is 0. The first-order chi connectivity index (χ1) is 9.27. The number of hydrogen-bond donors (Lipinski definition) is 1. The van der Waals surface area contributed by atoms with Crippen molar-refractivity contribution in [1.29, 1.82) is 0 Å². The zero-order chi connectivity index (χ0) is 13.0. The number of amides is 1. The van der Waals surface area contributed by atoms with Gasteiger partial charge >= 0.3 is 0 Å². The lowest BCUT2D eigenvalue weighted by molar-refractivity contribution is -0.123. The fraction of sp³-hybridized carbons (Fsp3) is 0.357. The van der Waals surface area contributed by atoms with Crippen molar-refractivity contribution in [1.82, 2.24) is 5.32 Å². The Kier molecular flexibility index (Phi) is 2.14. The molecule has 2 atom stereocenters. The molecule has 1 N–H and O–H groups in total. The van der Waals surface area contributed by atoms with Crippen molar-refractivity contribution in [2.75, 3.05) is 11.4 Å². The SMILES string of the molecule is O=C1C2=NC3NCCCC3C(=O)N2c2ccccc21. The van der Waals surface area contributed by atoms with Gasteiger partial charge in [0.1, 0.15) is 6.17 Å². The molecule has 3 heterocycles. The first-order valence-electron chi connectivity index (χ1n) is 6.56. The highest BCUT2D eigenvalue weighted by Gasteiger charge is 2.46. The standard InChI is InChI=1S/C14H13N3O2/c18-11-8-4-1-2-6-10(8)17-13(11)16-12-9(14(17)19)5-3-7-15-12/h1-2,4,6,9,12,15H,3,5,7H2. The molecule has 5 nitrogen and oxygen atoms in total. The summed E-state index contributed by atoms with van der Waals surface area (Å²) in [6.07, 6.45) is 1.58. The lowest BCUT2D eigenvalue weighted by atomic mass is 9.93. The Balaban J connectivity index is 1.88. The number of hydrogen-bond acceptors (Lipinski definition) is 4. The first-order valence-corrected chi connectivity index (χ1v) is 6.56. The summed E-state index contributed by atoms with van der Waals surface area (Å²) < 4.78 is 0. The number of anilines is 1. The molecule has 3 aliphatic heterocycles. The van der Waals surface area contributed by atoms with Crippen LogP contribution in [0, 0.1) is 5.92 Å². The van der Waals surface area contributed by atoms with Crippen molar-refractivity contribution in [3.05, 3.63) is 29.8 Å². The van der Waals surface area contributed by atoms with Crippen LogP contribution in [0.3, 0.4) is 0 Å². The van der Waals surface area contributed by atoms with E-state index in [0.29, 0.717) is 11.3 Å². The molecule has 1 aromatic carbocycles. The van der Waals surface area contributed by atoms with Gasteiger partial charge in [-0.05, 0) is 31.5 Å². The molecule has 96 valence electrons. The minimum atomic E-state index is -0.231. The smallest absolute Gasteiger partial charge is 0.239 e. The van der Waals surface area contributed by atoms with Gasteiger partial charge in [0, 0.05) is 0 Å². The van der Waals surface area contributed by atoms with E-state index in [1.54, 1.807) is 6.07 Å². The fourth-order valence-corrected chi connectivity index (χ4v) is 3.10. The summed E-state index contributed by atoms with van der Waals surface area (Å²) >= 11 is 0. The molecule has 0 radical (unpaired) electrons. The van der Waals surface area contributed by atoms with Crippen LogP contribution in [0.4, 0.5) is 5.69 Å². The average Bonchev–Trinajstić information content (AvgIpc) is 2.74. The van der Waals surface area contributed by atoms with Crippen molar-refractivity contribution in [2.24, 2.45) is 10.9 Å². The van der Waals surface area contributed by atoms with E-state index in [1.165, 1.54) is 4.90 Å². The van der Waals surface area contributed by atoms with E-state index >= 15 is 0 Å². The van der Waals surface area contributed by atoms with Gasteiger partial charge in [-0.3, -0.25) is 19.8 Å². The number of nitrogens with zero attached hydrogens (tertiary/aromatic N) is 2. The highest BCUT2D eigenvalue weighted by molar-refractivity contribution is 6.58. The number of fused-ring (bicyclic) bond motifs is 4. The van der Waals surface area contributed by atoms with E-state index < -0.39 is 0 Å². The van der Waals surface area contributed by atoms with Crippen LogP contribution in [0.15, 0.2) is 29.3 Å². The minimum Gasteiger partial charge on any atom is -0.295 e. The van der Waals surface area contributed by atoms with Gasteiger partial charge in [0.15, 0.2) is 5.84 Å². The third-order valence-corrected chi connectivity index (χ3v) is 4.03. The molecule has 5 heteroatoms. The van der Waals surface area contributed by atoms with E-state index in [4.69, 9.17) is 0 Å². The van der Waals surface area contributed by atoms with Crippen LogP contribution in [0.25, 0.3) is 0 Å². The summed E-state index contributed by atoms with van der Waals surface area (Å²) in [5, 5.41) is 3.22. The lowest BCUT2D eigenvalue weighted by Gasteiger charge is -2.36. The maximum Gasteiger partial charge on any atom is 0.239 e. The zero-order valence-corrected chi connectivity index (χ0v) is 10.3. The number of nitrogens with one attached hydrogen (secondary N) is 1. The Labute approximate surface area is 110 Å². The Bertz CT molecular complexity index is 623. The maximum absolute atomic E-state index is 12.6. The van der Waals surface area contributed by atoms with E-state index in [1.807, 2.05) is 18.2 Å². The molecule has 0 saturated carbocycles. The van der Waals surface area contributed by atoms with Gasteiger partial charge in [0.2, 0.25) is 11.7 Å². The molecule has 1 amide bonds. The van der Waals surface area contributed by atoms with E-state index in [2.05, 4.69) is 10.3 Å². The van der Waals surface area contributed by atoms with Gasteiger partial charge in [-0.25, -0.2) is 4.99 Å². The molecule has 0 spiro atoms. The molecule has 3 aliphatic rings. The second-order valence-electron chi connectivity index (χ2n) is 5.12. The topological polar surface area (TPSA) is 61.8 Å².